The number of benzene rings is 1. The number of hydrogen-bond donors (Lipinski definition) is 2. The molecular weight excluding hydrogens is 294 g/mol. The van der Waals surface area contributed by atoms with E-state index in [2.05, 4.69) is 21.2 Å². The van der Waals surface area contributed by atoms with Crippen molar-refractivity contribution in [1.82, 2.24) is 0 Å². The monoisotopic (exact) mass is 313 g/mol. The highest BCUT2D eigenvalue weighted by molar-refractivity contribution is 9.10. The van der Waals surface area contributed by atoms with E-state index < -0.39 is 0 Å². The zero-order chi connectivity index (χ0) is 13.0. The first-order chi connectivity index (χ1) is 8.72. The molecule has 4 heteroatoms. The Bertz CT molecular complexity index is 397. The van der Waals surface area contributed by atoms with Gasteiger partial charge in [-0.1, -0.05) is 34.8 Å². The lowest BCUT2D eigenvalue weighted by atomic mass is 9.92. The summed E-state index contributed by atoms with van der Waals surface area (Å²) >= 11 is 3.55. The standard InChI is InChI=1S/C14H20BrNO2/c1-18-9-10-11(15)5-4-7-12(10)16-13-6-2-3-8-14(13)17/h4-5,7,13-14,16-17H,2-3,6,8-9H2,1H3/t13-,14-/m0/s1. The fourth-order valence-corrected chi connectivity index (χ4v) is 2.94. The molecule has 1 aromatic rings. The third-order valence-corrected chi connectivity index (χ3v) is 4.22. The molecule has 1 aliphatic carbocycles. The predicted octanol–water partition coefficient (Wildman–Crippen LogP) is 3.31. The highest BCUT2D eigenvalue weighted by Gasteiger charge is 2.23. The van der Waals surface area contributed by atoms with Crippen LogP contribution in [0.25, 0.3) is 0 Å². The first-order valence-electron chi connectivity index (χ1n) is 6.43. The van der Waals surface area contributed by atoms with Crippen LogP contribution >= 0.6 is 15.9 Å². The Kier molecular flexibility index (Phi) is 5.03. The predicted molar refractivity (Wildman–Crippen MR) is 76.7 cm³/mol. The van der Waals surface area contributed by atoms with Crippen LogP contribution in [0.15, 0.2) is 22.7 Å². The maximum Gasteiger partial charge on any atom is 0.0744 e. The first kappa shape index (κ1) is 13.8. The quantitative estimate of drug-likeness (QED) is 0.896. The Labute approximate surface area is 117 Å². The van der Waals surface area contributed by atoms with Crippen LogP contribution in [0, 0.1) is 0 Å². The second-order valence-electron chi connectivity index (χ2n) is 4.80. The molecule has 0 aromatic heterocycles. The van der Waals surface area contributed by atoms with Crippen molar-refractivity contribution in [3.63, 3.8) is 0 Å². The molecule has 0 aliphatic heterocycles. The maximum absolute atomic E-state index is 10.0. The highest BCUT2D eigenvalue weighted by Crippen LogP contribution is 2.29. The highest BCUT2D eigenvalue weighted by atomic mass is 79.9. The lowest BCUT2D eigenvalue weighted by Gasteiger charge is -2.30. The minimum absolute atomic E-state index is 0.156. The summed E-state index contributed by atoms with van der Waals surface area (Å²) in [6.07, 6.45) is 3.99. The van der Waals surface area contributed by atoms with Gasteiger partial charge < -0.3 is 15.2 Å². The van der Waals surface area contributed by atoms with E-state index in [0.717, 1.165) is 35.0 Å². The van der Waals surface area contributed by atoms with Gasteiger partial charge in [0.1, 0.15) is 0 Å². The molecule has 0 heterocycles. The Hall–Kier alpha value is -0.580. The lowest BCUT2D eigenvalue weighted by molar-refractivity contribution is 0.116. The number of ether oxygens (including phenoxy) is 1. The molecule has 3 nitrogen and oxygen atoms in total. The average Bonchev–Trinajstić information content (AvgIpc) is 2.36. The maximum atomic E-state index is 10.0. The molecule has 1 aromatic carbocycles. The zero-order valence-corrected chi connectivity index (χ0v) is 12.2. The van der Waals surface area contributed by atoms with Crippen molar-refractivity contribution in [3.05, 3.63) is 28.2 Å². The number of hydrogen-bond acceptors (Lipinski definition) is 3. The first-order valence-corrected chi connectivity index (χ1v) is 7.22. The van der Waals surface area contributed by atoms with Crippen LogP contribution < -0.4 is 5.32 Å². The topological polar surface area (TPSA) is 41.5 Å². The Morgan fingerprint density at radius 2 is 2.17 bits per heavy atom. The third kappa shape index (κ3) is 3.25. The van der Waals surface area contributed by atoms with Crippen LogP contribution in [0.1, 0.15) is 31.2 Å². The molecule has 2 rings (SSSR count). The fourth-order valence-electron chi connectivity index (χ4n) is 2.46. The van der Waals surface area contributed by atoms with Crippen molar-refractivity contribution >= 4 is 21.6 Å². The van der Waals surface area contributed by atoms with Gasteiger partial charge in [0.25, 0.3) is 0 Å². The zero-order valence-electron chi connectivity index (χ0n) is 10.7. The molecule has 2 N–H and O–H groups in total. The lowest BCUT2D eigenvalue weighted by Crippen LogP contribution is -2.36. The SMILES string of the molecule is COCc1c(Br)cccc1N[C@H]1CCCC[C@@H]1O. The van der Waals surface area contributed by atoms with Crippen LogP contribution in [-0.2, 0) is 11.3 Å². The molecular formula is C14H20BrNO2. The molecule has 0 saturated heterocycles. The minimum Gasteiger partial charge on any atom is -0.391 e. The fraction of sp³-hybridized carbons (Fsp3) is 0.571. The molecule has 0 radical (unpaired) electrons. The summed E-state index contributed by atoms with van der Waals surface area (Å²) in [5.41, 5.74) is 2.16. The molecule has 2 atom stereocenters. The molecule has 1 saturated carbocycles. The van der Waals surface area contributed by atoms with E-state index in [9.17, 15) is 5.11 Å². The molecule has 1 fully saturated rings. The van der Waals surface area contributed by atoms with E-state index in [0.29, 0.717) is 6.61 Å². The van der Waals surface area contributed by atoms with Gasteiger partial charge in [0, 0.05) is 22.8 Å². The van der Waals surface area contributed by atoms with Gasteiger partial charge in [0.2, 0.25) is 0 Å². The van der Waals surface area contributed by atoms with Gasteiger partial charge >= 0.3 is 0 Å². The molecule has 18 heavy (non-hydrogen) atoms. The minimum atomic E-state index is -0.242. The van der Waals surface area contributed by atoms with Gasteiger partial charge in [0.15, 0.2) is 0 Å². The largest absolute Gasteiger partial charge is 0.391 e. The van der Waals surface area contributed by atoms with Crippen molar-refractivity contribution < 1.29 is 9.84 Å². The van der Waals surface area contributed by atoms with E-state index in [1.807, 2.05) is 18.2 Å². The van der Waals surface area contributed by atoms with Gasteiger partial charge in [-0.3, -0.25) is 0 Å². The van der Waals surface area contributed by atoms with Gasteiger partial charge in [0.05, 0.1) is 18.8 Å². The molecule has 0 spiro atoms. The Balaban J connectivity index is 2.14. The summed E-state index contributed by atoms with van der Waals surface area (Å²) in [5, 5.41) is 13.5. The molecule has 1 aliphatic rings. The number of anilines is 1. The van der Waals surface area contributed by atoms with E-state index in [1.165, 1.54) is 6.42 Å². The molecule has 0 bridgehead atoms. The second-order valence-corrected chi connectivity index (χ2v) is 5.66. The summed E-state index contributed by atoms with van der Waals surface area (Å²) in [4.78, 5) is 0. The number of nitrogens with one attached hydrogen (secondary N) is 1. The third-order valence-electron chi connectivity index (χ3n) is 3.48. The summed E-state index contributed by atoms with van der Waals surface area (Å²) in [7, 11) is 1.69. The molecule has 0 unspecified atom stereocenters. The number of aliphatic hydroxyl groups excluding tert-OH is 1. The van der Waals surface area contributed by atoms with Crippen molar-refractivity contribution in [3.8, 4) is 0 Å². The van der Waals surface area contributed by atoms with Crippen molar-refractivity contribution in [1.29, 1.82) is 0 Å². The summed E-state index contributed by atoms with van der Waals surface area (Å²) in [6.45, 7) is 0.562. The summed E-state index contributed by atoms with van der Waals surface area (Å²) < 4.78 is 6.27. The smallest absolute Gasteiger partial charge is 0.0744 e. The van der Waals surface area contributed by atoms with E-state index in [-0.39, 0.29) is 12.1 Å². The van der Waals surface area contributed by atoms with Crippen molar-refractivity contribution in [2.75, 3.05) is 12.4 Å². The Morgan fingerprint density at radius 1 is 1.39 bits per heavy atom. The van der Waals surface area contributed by atoms with Gasteiger partial charge in [-0.05, 0) is 25.0 Å². The van der Waals surface area contributed by atoms with Crippen LogP contribution in [-0.4, -0.2) is 24.4 Å². The average molecular weight is 314 g/mol. The normalized spacial score (nSPS) is 23.9. The van der Waals surface area contributed by atoms with Crippen LogP contribution in [0.3, 0.4) is 0 Å². The summed E-state index contributed by atoms with van der Waals surface area (Å²) in [5.74, 6) is 0. The number of aliphatic hydroxyl groups is 1. The van der Waals surface area contributed by atoms with E-state index >= 15 is 0 Å². The van der Waals surface area contributed by atoms with Crippen molar-refractivity contribution in [2.24, 2.45) is 0 Å². The molecule has 100 valence electrons. The van der Waals surface area contributed by atoms with Crippen LogP contribution in [0.4, 0.5) is 5.69 Å². The van der Waals surface area contributed by atoms with Gasteiger partial charge in [-0.2, -0.15) is 0 Å². The molecule has 0 amide bonds. The number of methoxy groups -OCH3 is 1. The van der Waals surface area contributed by atoms with E-state index in [4.69, 9.17) is 4.74 Å². The van der Waals surface area contributed by atoms with Crippen molar-refractivity contribution in [2.45, 2.75) is 44.4 Å². The Morgan fingerprint density at radius 3 is 2.89 bits per heavy atom. The number of halogens is 1. The van der Waals surface area contributed by atoms with Crippen LogP contribution in [0.2, 0.25) is 0 Å². The second kappa shape index (κ2) is 6.55. The number of rotatable bonds is 4. The van der Waals surface area contributed by atoms with Gasteiger partial charge in [-0.15, -0.1) is 0 Å². The van der Waals surface area contributed by atoms with E-state index in [1.54, 1.807) is 7.11 Å². The van der Waals surface area contributed by atoms with Crippen LogP contribution in [0.5, 0.6) is 0 Å². The summed E-state index contributed by atoms with van der Waals surface area (Å²) in [6, 6.07) is 6.21. The van der Waals surface area contributed by atoms with Gasteiger partial charge in [-0.25, -0.2) is 0 Å².